The van der Waals surface area contributed by atoms with E-state index in [0.29, 0.717) is 0 Å². The highest BCUT2D eigenvalue weighted by atomic mass is 16.7. The lowest BCUT2D eigenvalue weighted by Gasteiger charge is -2.45. The minimum Gasteiger partial charge on any atom is -0.394 e. The molecule has 0 spiro atoms. The van der Waals surface area contributed by atoms with E-state index in [1.54, 1.807) is 0 Å². The number of nitrogens with two attached hydrogens (primary N) is 3. The Labute approximate surface area is 127 Å². The number of hydrogen-bond acceptors (Lipinski definition) is 10. The molecule has 0 aromatic heterocycles. The van der Waals surface area contributed by atoms with Crippen molar-refractivity contribution in [1.82, 2.24) is 0 Å². The van der Waals surface area contributed by atoms with Crippen LogP contribution in [0.1, 0.15) is 6.42 Å². The molecule has 0 bridgehead atoms. The molecule has 10 heteroatoms. The quantitative estimate of drug-likeness (QED) is 0.248. The Morgan fingerprint density at radius 1 is 0.909 bits per heavy atom. The monoisotopic (exact) mass is 323 g/mol. The van der Waals surface area contributed by atoms with Crippen LogP contribution in [-0.4, -0.2) is 93.2 Å². The summed E-state index contributed by atoms with van der Waals surface area (Å²) in [6.07, 6.45) is -8.36. The minimum atomic E-state index is -1.37. The van der Waals surface area contributed by atoms with E-state index in [9.17, 15) is 20.4 Å². The minimum absolute atomic E-state index is 0.222. The molecule has 22 heavy (non-hydrogen) atoms. The third-order valence-electron chi connectivity index (χ3n) is 4.31. The summed E-state index contributed by atoms with van der Waals surface area (Å²) in [5, 5.41) is 48.6. The zero-order valence-corrected chi connectivity index (χ0v) is 12.0. The van der Waals surface area contributed by atoms with Gasteiger partial charge in [0.05, 0.1) is 18.8 Å². The van der Waals surface area contributed by atoms with E-state index in [0.717, 1.165) is 0 Å². The van der Waals surface area contributed by atoms with Crippen LogP contribution in [0.15, 0.2) is 0 Å². The first-order chi connectivity index (χ1) is 10.3. The second-order valence-electron chi connectivity index (χ2n) is 5.93. The summed E-state index contributed by atoms with van der Waals surface area (Å²) in [4.78, 5) is 0. The number of rotatable bonds is 3. The van der Waals surface area contributed by atoms with Crippen LogP contribution in [0.5, 0.6) is 0 Å². The van der Waals surface area contributed by atoms with Gasteiger partial charge in [-0.2, -0.15) is 0 Å². The van der Waals surface area contributed by atoms with E-state index in [1.807, 2.05) is 0 Å². The number of ether oxygens (including phenoxy) is 2. The first kappa shape index (κ1) is 17.9. The van der Waals surface area contributed by atoms with Gasteiger partial charge < -0.3 is 52.2 Å². The Hall–Kier alpha value is -0.400. The first-order valence-corrected chi connectivity index (χ1v) is 7.18. The molecule has 1 saturated heterocycles. The van der Waals surface area contributed by atoms with Gasteiger partial charge in [0.2, 0.25) is 0 Å². The van der Waals surface area contributed by atoms with Crippen molar-refractivity contribution in [3.05, 3.63) is 0 Å². The van der Waals surface area contributed by atoms with Crippen molar-refractivity contribution in [2.45, 2.75) is 67.5 Å². The Morgan fingerprint density at radius 3 is 2.14 bits per heavy atom. The van der Waals surface area contributed by atoms with Crippen molar-refractivity contribution in [2.24, 2.45) is 17.2 Å². The number of aliphatic hydroxyl groups excluding tert-OH is 5. The molecule has 1 aliphatic carbocycles. The van der Waals surface area contributed by atoms with Crippen LogP contribution >= 0.6 is 0 Å². The van der Waals surface area contributed by atoms with Crippen LogP contribution in [0.4, 0.5) is 0 Å². The maximum atomic E-state index is 10.0. The molecule has 10 atom stereocenters. The molecule has 4 unspecified atom stereocenters. The third kappa shape index (κ3) is 3.26. The SMILES string of the molecule is NC1CC(N)[C@@H](O[C@H]2OC(CO)[C@@H](O)[C@H](O)C2N)[C@H](O)[C@@H]1O. The summed E-state index contributed by atoms with van der Waals surface area (Å²) in [5.41, 5.74) is 17.3. The van der Waals surface area contributed by atoms with Crippen molar-refractivity contribution >= 4 is 0 Å². The number of hydrogen-bond donors (Lipinski definition) is 8. The van der Waals surface area contributed by atoms with Gasteiger partial charge in [-0.1, -0.05) is 0 Å². The van der Waals surface area contributed by atoms with E-state index < -0.39 is 67.6 Å². The summed E-state index contributed by atoms with van der Waals surface area (Å²) in [6, 6.07) is -2.45. The molecule has 2 fully saturated rings. The van der Waals surface area contributed by atoms with Crippen molar-refractivity contribution in [2.75, 3.05) is 6.61 Å². The molecule has 11 N–H and O–H groups in total. The first-order valence-electron chi connectivity index (χ1n) is 7.18. The van der Waals surface area contributed by atoms with Crippen LogP contribution in [0.3, 0.4) is 0 Å². The Bertz CT molecular complexity index is 375. The van der Waals surface area contributed by atoms with Gasteiger partial charge in [0.25, 0.3) is 0 Å². The van der Waals surface area contributed by atoms with E-state index in [-0.39, 0.29) is 6.42 Å². The van der Waals surface area contributed by atoms with Crippen molar-refractivity contribution in [3.8, 4) is 0 Å². The van der Waals surface area contributed by atoms with Crippen molar-refractivity contribution in [1.29, 1.82) is 0 Å². The van der Waals surface area contributed by atoms with Gasteiger partial charge in [0.1, 0.15) is 30.5 Å². The van der Waals surface area contributed by atoms with Crippen LogP contribution in [0.25, 0.3) is 0 Å². The number of aliphatic hydroxyl groups is 5. The third-order valence-corrected chi connectivity index (χ3v) is 4.31. The molecule has 0 radical (unpaired) electrons. The van der Waals surface area contributed by atoms with E-state index in [2.05, 4.69) is 0 Å². The van der Waals surface area contributed by atoms with E-state index in [4.69, 9.17) is 31.8 Å². The maximum absolute atomic E-state index is 10.0. The smallest absolute Gasteiger partial charge is 0.176 e. The standard InChI is InChI=1S/C12H25N3O7/c13-3-1-4(14)11(10(20)7(3)17)22-12-6(15)9(19)8(18)5(2-16)21-12/h3-12,16-20H,1-2,13-15H2/t3?,4?,5?,6?,7-,8-,9-,10-,11-,12-/m1/s1. The molecule has 2 rings (SSSR count). The summed E-state index contributed by atoms with van der Waals surface area (Å²) in [6.45, 7) is -0.544. The summed E-state index contributed by atoms with van der Waals surface area (Å²) in [7, 11) is 0. The highest BCUT2D eigenvalue weighted by Gasteiger charge is 2.47. The average molecular weight is 323 g/mol. The lowest BCUT2D eigenvalue weighted by Crippen LogP contribution is -2.67. The molecule has 0 aromatic rings. The van der Waals surface area contributed by atoms with Crippen molar-refractivity contribution in [3.63, 3.8) is 0 Å². The van der Waals surface area contributed by atoms with Crippen molar-refractivity contribution < 1.29 is 35.0 Å². The molecule has 1 heterocycles. The van der Waals surface area contributed by atoms with Gasteiger partial charge in [-0.25, -0.2) is 0 Å². The normalized spacial score (nSPS) is 53.5. The largest absolute Gasteiger partial charge is 0.394 e. The summed E-state index contributed by atoms with van der Waals surface area (Å²) in [5.74, 6) is 0. The predicted molar refractivity (Wildman–Crippen MR) is 73.2 cm³/mol. The predicted octanol–water partition coefficient (Wildman–Crippen LogP) is -5.08. The lowest BCUT2D eigenvalue weighted by molar-refractivity contribution is -0.293. The second-order valence-corrected chi connectivity index (χ2v) is 5.93. The summed E-state index contributed by atoms with van der Waals surface area (Å²) >= 11 is 0. The molecule has 2 aliphatic rings. The molecule has 1 aliphatic heterocycles. The van der Waals surface area contributed by atoms with Gasteiger partial charge in [-0.3, -0.25) is 0 Å². The van der Waals surface area contributed by atoms with Gasteiger partial charge in [-0.05, 0) is 6.42 Å². The fourth-order valence-corrected chi connectivity index (χ4v) is 2.85. The van der Waals surface area contributed by atoms with Crippen LogP contribution in [-0.2, 0) is 9.47 Å². The van der Waals surface area contributed by atoms with Gasteiger partial charge in [0.15, 0.2) is 6.29 Å². The molecular weight excluding hydrogens is 298 g/mol. The Morgan fingerprint density at radius 2 is 1.55 bits per heavy atom. The molecular formula is C12H25N3O7. The van der Waals surface area contributed by atoms with Gasteiger partial charge in [-0.15, -0.1) is 0 Å². The molecule has 0 amide bonds. The summed E-state index contributed by atoms with van der Waals surface area (Å²) < 4.78 is 10.8. The molecule has 1 saturated carbocycles. The maximum Gasteiger partial charge on any atom is 0.176 e. The van der Waals surface area contributed by atoms with E-state index in [1.165, 1.54) is 0 Å². The van der Waals surface area contributed by atoms with Crippen LogP contribution in [0, 0.1) is 0 Å². The highest BCUT2D eigenvalue weighted by molar-refractivity contribution is 4.99. The molecule has 0 aromatic carbocycles. The van der Waals surface area contributed by atoms with E-state index >= 15 is 0 Å². The van der Waals surface area contributed by atoms with Crippen LogP contribution < -0.4 is 17.2 Å². The lowest BCUT2D eigenvalue weighted by atomic mass is 9.84. The van der Waals surface area contributed by atoms with Crippen LogP contribution in [0.2, 0.25) is 0 Å². The zero-order valence-electron chi connectivity index (χ0n) is 12.0. The van der Waals surface area contributed by atoms with Gasteiger partial charge >= 0.3 is 0 Å². The Balaban J connectivity index is 2.08. The molecule has 130 valence electrons. The zero-order chi connectivity index (χ0) is 16.6. The fourth-order valence-electron chi connectivity index (χ4n) is 2.85. The second kappa shape index (κ2) is 7.01. The highest BCUT2D eigenvalue weighted by Crippen LogP contribution is 2.27. The topological polar surface area (TPSA) is 198 Å². The van der Waals surface area contributed by atoms with Gasteiger partial charge in [0, 0.05) is 12.1 Å². The fraction of sp³-hybridized carbons (Fsp3) is 1.00. The Kier molecular flexibility index (Phi) is 5.72. The average Bonchev–Trinajstić information content (AvgIpc) is 2.49. The molecule has 10 nitrogen and oxygen atoms in total.